The lowest BCUT2D eigenvalue weighted by Crippen LogP contribution is -2.43. The van der Waals surface area contributed by atoms with Gasteiger partial charge in [0.05, 0.1) is 12.0 Å². The molecule has 2 unspecified atom stereocenters. The second-order valence-corrected chi connectivity index (χ2v) is 6.13. The molecule has 1 amide bonds. The van der Waals surface area contributed by atoms with E-state index in [1.165, 1.54) is 6.42 Å². The van der Waals surface area contributed by atoms with Crippen LogP contribution in [0.1, 0.15) is 52.9 Å². The quantitative estimate of drug-likeness (QED) is 0.802. The highest BCUT2D eigenvalue weighted by atomic mass is 16.1. The van der Waals surface area contributed by atoms with Crippen LogP contribution in [0.15, 0.2) is 0 Å². The molecular formula is C14H25N3O. The monoisotopic (exact) mass is 251 g/mol. The third-order valence-corrected chi connectivity index (χ3v) is 3.20. The largest absolute Gasteiger partial charge is 0.351 e. The fraction of sp³-hybridized carbons (Fsp3) is 0.857. The first-order valence-electron chi connectivity index (χ1n) is 6.86. The molecule has 2 atom stereocenters. The van der Waals surface area contributed by atoms with Crippen molar-refractivity contribution in [3.05, 3.63) is 0 Å². The number of hydrogen-bond acceptors (Lipinski definition) is 3. The minimum absolute atomic E-state index is 0.0688. The van der Waals surface area contributed by atoms with Gasteiger partial charge in [-0.05, 0) is 33.6 Å². The van der Waals surface area contributed by atoms with E-state index >= 15 is 0 Å². The third kappa shape index (κ3) is 5.50. The fourth-order valence-electron chi connectivity index (χ4n) is 2.38. The molecule has 18 heavy (non-hydrogen) atoms. The molecule has 0 aromatic heterocycles. The molecule has 4 heteroatoms. The van der Waals surface area contributed by atoms with Crippen LogP contribution in [0.3, 0.4) is 0 Å². The normalized spacial score (nSPS) is 24.3. The molecule has 1 aliphatic carbocycles. The number of carbonyl (C=O) groups is 1. The summed E-state index contributed by atoms with van der Waals surface area (Å²) in [6, 6.07) is 2.64. The van der Waals surface area contributed by atoms with Crippen LogP contribution in [0, 0.1) is 17.2 Å². The lowest BCUT2D eigenvalue weighted by Gasteiger charge is -2.28. The summed E-state index contributed by atoms with van der Waals surface area (Å²) in [6.45, 7) is 6.59. The predicted octanol–water partition coefficient (Wildman–Crippen LogP) is 1.96. The Hall–Kier alpha value is -1.08. The van der Waals surface area contributed by atoms with Crippen molar-refractivity contribution in [2.75, 3.05) is 6.54 Å². The van der Waals surface area contributed by atoms with E-state index in [1.807, 2.05) is 20.8 Å². The zero-order chi connectivity index (χ0) is 13.6. The van der Waals surface area contributed by atoms with Crippen molar-refractivity contribution in [2.24, 2.45) is 5.92 Å². The van der Waals surface area contributed by atoms with Gasteiger partial charge in [-0.1, -0.05) is 12.8 Å². The molecule has 1 fully saturated rings. The van der Waals surface area contributed by atoms with Crippen molar-refractivity contribution in [2.45, 2.75) is 64.5 Å². The molecule has 0 saturated heterocycles. The first kappa shape index (κ1) is 15.0. The van der Waals surface area contributed by atoms with E-state index in [4.69, 9.17) is 5.26 Å². The molecule has 0 spiro atoms. The molecule has 0 radical (unpaired) electrons. The van der Waals surface area contributed by atoms with Crippen molar-refractivity contribution in [1.82, 2.24) is 10.6 Å². The molecule has 2 N–H and O–H groups in total. The van der Waals surface area contributed by atoms with Crippen molar-refractivity contribution in [3.63, 3.8) is 0 Å². The summed E-state index contributed by atoms with van der Waals surface area (Å²) in [5, 5.41) is 15.3. The Morgan fingerprint density at radius 3 is 2.61 bits per heavy atom. The van der Waals surface area contributed by atoms with Gasteiger partial charge in [-0.15, -0.1) is 0 Å². The van der Waals surface area contributed by atoms with Crippen LogP contribution in [0.2, 0.25) is 0 Å². The number of nitrogens with zero attached hydrogens (tertiary/aromatic N) is 1. The summed E-state index contributed by atoms with van der Waals surface area (Å²) in [7, 11) is 0. The third-order valence-electron chi connectivity index (χ3n) is 3.20. The van der Waals surface area contributed by atoms with Crippen LogP contribution in [-0.4, -0.2) is 24.0 Å². The van der Waals surface area contributed by atoms with Gasteiger partial charge in [-0.25, -0.2) is 0 Å². The molecule has 1 saturated carbocycles. The summed E-state index contributed by atoms with van der Waals surface area (Å²) in [5.74, 6) is 0.184. The lowest BCUT2D eigenvalue weighted by molar-refractivity contribution is -0.122. The van der Waals surface area contributed by atoms with Crippen LogP contribution in [0.4, 0.5) is 0 Å². The van der Waals surface area contributed by atoms with Crippen LogP contribution in [-0.2, 0) is 4.79 Å². The van der Waals surface area contributed by atoms with Crippen LogP contribution in [0.5, 0.6) is 0 Å². The van der Waals surface area contributed by atoms with Gasteiger partial charge >= 0.3 is 0 Å². The van der Waals surface area contributed by atoms with Crippen LogP contribution in [0.25, 0.3) is 0 Å². The van der Waals surface area contributed by atoms with Gasteiger partial charge in [0.2, 0.25) is 5.91 Å². The molecule has 1 rings (SSSR count). The highest BCUT2D eigenvalue weighted by molar-refractivity contribution is 5.76. The van der Waals surface area contributed by atoms with Gasteiger partial charge in [-0.2, -0.15) is 5.26 Å². The van der Waals surface area contributed by atoms with Crippen molar-refractivity contribution >= 4 is 5.91 Å². The second kappa shape index (κ2) is 6.75. The molecule has 1 aliphatic rings. The van der Waals surface area contributed by atoms with E-state index in [1.54, 1.807) is 0 Å². The fourth-order valence-corrected chi connectivity index (χ4v) is 2.38. The predicted molar refractivity (Wildman–Crippen MR) is 71.9 cm³/mol. The molecule has 0 bridgehead atoms. The SMILES string of the molecule is CC(C)(C)NC(=O)CCNC1CCCCC1C#N. The minimum atomic E-state index is -0.170. The number of nitrogens with one attached hydrogen (secondary N) is 2. The maximum Gasteiger partial charge on any atom is 0.221 e. The van der Waals surface area contributed by atoms with E-state index in [9.17, 15) is 4.79 Å². The highest BCUT2D eigenvalue weighted by Crippen LogP contribution is 2.23. The minimum Gasteiger partial charge on any atom is -0.351 e. The summed E-state index contributed by atoms with van der Waals surface area (Å²) in [6.07, 6.45) is 4.86. The molecule has 0 aromatic carbocycles. The maximum atomic E-state index is 11.6. The van der Waals surface area contributed by atoms with Crippen molar-refractivity contribution < 1.29 is 4.79 Å². The standard InChI is InChI=1S/C14H25N3O/c1-14(2,3)17-13(18)8-9-16-12-7-5-4-6-11(12)10-15/h11-12,16H,4-9H2,1-3H3,(H,17,18). The van der Waals surface area contributed by atoms with Crippen molar-refractivity contribution in [3.8, 4) is 6.07 Å². The first-order chi connectivity index (χ1) is 8.42. The Balaban J connectivity index is 2.24. The number of carbonyl (C=O) groups excluding carboxylic acids is 1. The van der Waals surface area contributed by atoms with Crippen LogP contribution >= 0.6 is 0 Å². The number of rotatable bonds is 4. The summed E-state index contributed by atoms with van der Waals surface area (Å²) in [4.78, 5) is 11.6. The number of nitriles is 1. The van der Waals surface area contributed by atoms with Gasteiger partial charge in [0, 0.05) is 24.5 Å². The Bertz CT molecular complexity index is 314. The van der Waals surface area contributed by atoms with Gasteiger partial charge in [0.15, 0.2) is 0 Å². The van der Waals surface area contributed by atoms with Crippen molar-refractivity contribution in [1.29, 1.82) is 5.26 Å². The Morgan fingerprint density at radius 1 is 1.33 bits per heavy atom. The molecule has 0 heterocycles. The Morgan fingerprint density at radius 2 is 2.00 bits per heavy atom. The average molecular weight is 251 g/mol. The first-order valence-corrected chi connectivity index (χ1v) is 6.86. The van der Waals surface area contributed by atoms with E-state index in [2.05, 4.69) is 16.7 Å². The lowest BCUT2D eigenvalue weighted by atomic mass is 9.85. The number of amides is 1. The van der Waals surface area contributed by atoms with E-state index in [0.29, 0.717) is 13.0 Å². The average Bonchev–Trinajstić information content (AvgIpc) is 2.27. The van der Waals surface area contributed by atoms with E-state index in [-0.39, 0.29) is 23.4 Å². The molecule has 0 aromatic rings. The molecule has 102 valence electrons. The summed E-state index contributed by atoms with van der Waals surface area (Å²) in [5.41, 5.74) is -0.170. The summed E-state index contributed by atoms with van der Waals surface area (Å²) < 4.78 is 0. The van der Waals surface area contributed by atoms with Gasteiger partial charge < -0.3 is 10.6 Å². The second-order valence-electron chi connectivity index (χ2n) is 6.13. The highest BCUT2D eigenvalue weighted by Gasteiger charge is 2.24. The Kier molecular flexibility index (Phi) is 5.61. The van der Waals surface area contributed by atoms with Gasteiger partial charge in [-0.3, -0.25) is 4.79 Å². The zero-order valence-corrected chi connectivity index (χ0v) is 11.8. The maximum absolute atomic E-state index is 11.6. The van der Waals surface area contributed by atoms with Gasteiger partial charge in [0.1, 0.15) is 0 Å². The topological polar surface area (TPSA) is 64.9 Å². The zero-order valence-electron chi connectivity index (χ0n) is 11.8. The molecular weight excluding hydrogens is 226 g/mol. The van der Waals surface area contributed by atoms with Crippen LogP contribution < -0.4 is 10.6 Å². The molecule has 0 aliphatic heterocycles. The van der Waals surface area contributed by atoms with E-state index < -0.39 is 0 Å². The smallest absolute Gasteiger partial charge is 0.221 e. The Labute approximate surface area is 110 Å². The van der Waals surface area contributed by atoms with Gasteiger partial charge in [0.25, 0.3) is 0 Å². The number of hydrogen-bond donors (Lipinski definition) is 2. The van der Waals surface area contributed by atoms with E-state index in [0.717, 1.165) is 19.3 Å². The molecule has 4 nitrogen and oxygen atoms in total. The summed E-state index contributed by atoms with van der Waals surface area (Å²) >= 11 is 0.